The molecule has 0 aromatic heterocycles. The minimum absolute atomic E-state index is 0.00192. The van der Waals surface area contributed by atoms with Gasteiger partial charge in [0.2, 0.25) is 5.91 Å². The van der Waals surface area contributed by atoms with E-state index in [0.717, 1.165) is 30.8 Å². The van der Waals surface area contributed by atoms with Gasteiger partial charge in [0.15, 0.2) is 0 Å². The number of methoxy groups -OCH3 is 1. The van der Waals surface area contributed by atoms with Gasteiger partial charge < -0.3 is 20.1 Å². The first kappa shape index (κ1) is 17.2. The van der Waals surface area contributed by atoms with E-state index in [0.29, 0.717) is 6.54 Å². The number of ether oxygens (including phenoxy) is 2. The van der Waals surface area contributed by atoms with Crippen LogP contribution in [0.1, 0.15) is 32.3 Å². The fourth-order valence-corrected chi connectivity index (χ4v) is 4.44. The molecule has 1 aromatic carbocycles. The predicted octanol–water partition coefficient (Wildman–Crippen LogP) is 2.19. The molecule has 5 heteroatoms. The second-order valence-corrected chi connectivity index (χ2v) is 7.64. The van der Waals surface area contributed by atoms with Crippen molar-refractivity contribution in [2.24, 2.45) is 17.1 Å². The molecule has 2 fully saturated rings. The fourth-order valence-electron chi connectivity index (χ4n) is 4.44. The number of carbonyl (C=O) groups is 1. The van der Waals surface area contributed by atoms with E-state index in [1.165, 1.54) is 0 Å². The maximum atomic E-state index is 13.2. The SMILES string of the molecule is COc1cccc(CN(C)C(=O)C2(N)C3CCCOC3C2(C)C)c1. The molecule has 1 saturated carbocycles. The third-order valence-electron chi connectivity index (χ3n) is 5.94. The lowest BCUT2D eigenvalue weighted by Gasteiger charge is -2.65. The van der Waals surface area contributed by atoms with Gasteiger partial charge in [-0.05, 0) is 30.5 Å². The first-order valence-electron chi connectivity index (χ1n) is 8.61. The van der Waals surface area contributed by atoms with Crippen molar-refractivity contribution in [3.05, 3.63) is 29.8 Å². The van der Waals surface area contributed by atoms with Gasteiger partial charge in [-0.15, -0.1) is 0 Å². The maximum Gasteiger partial charge on any atom is 0.243 e. The smallest absolute Gasteiger partial charge is 0.243 e. The lowest BCUT2D eigenvalue weighted by atomic mass is 9.46. The van der Waals surface area contributed by atoms with Crippen LogP contribution in [0.2, 0.25) is 0 Å². The third-order valence-corrected chi connectivity index (χ3v) is 5.94. The van der Waals surface area contributed by atoms with Crippen LogP contribution in [0.5, 0.6) is 5.75 Å². The number of carbonyl (C=O) groups excluding carboxylic acids is 1. The summed E-state index contributed by atoms with van der Waals surface area (Å²) in [5, 5.41) is 0. The number of fused-ring (bicyclic) bond motifs is 1. The van der Waals surface area contributed by atoms with Gasteiger partial charge in [-0.1, -0.05) is 26.0 Å². The molecule has 0 bridgehead atoms. The number of benzene rings is 1. The summed E-state index contributed by atoms with van der Waals surface area (Å²) in [5.41, 5.74) is 6.52. The molecule has 5 nitrogen and oxygen atoms in total. The Morgan fingerprint density at radius 3 is 2.92 bits per heavy atom. The van der Waals surface area contributed by atoms with Crippen LogP contribution in [0.3, 0.4) is 0 Å². The van der Waals surface area contributed by atoms with Crippen LogP contribution in [-0.2, 0) is 16.1 Å². The second kappa shape index (κ2) is 6.05. The van der Waals surface area contributed by atoms with Gasteiger partial charge in [0.05, 0.1) is 13.2 Å². The maximum absolute atomic E-state index is 13.2. The average Bonchev–Trinajstić information content (AvgIpc) is 2.60. The molecule has 3 rings (SSSR count). The molecule has 1 aliphatic carbocycles. The number of nitrogens with zero attached hydrogens (tertiary/aromatic N) is 1. The van der Waals surface area contributed by atoms with Gasteiger partial charge in [-0.3, -0.25) is 4.79 Å². The second-order valence-electron chi connectivity index (χ2n) is 7.64. The summed E-state index contributed by atoms with van der Waals surface area (Å²) in [6.07, 6.45) is 2.03. The number of rotatable bonds is 4. The Morgan fingerprint density at radius 1 is 1.46 bits per heavy atom. The van der Waals surface area contributed by atoms with E-state index < -0.39 is 5.54 Å². The van der Waals surface area contributed by atoms with E-state index in [1.807, 2.05) is 31.3 Å². The monoisotopic (exact) mass is 332 g/mol. The van der Waals surface area contributed by atoms with Crippen molar-refractivity contribution in [2.45, 2.75) is 44.9 Å². The molecular weight excluding hydrogens is 304 g/mol. The summed E-state index contributed by atoms with van der Waals surface area (Å²) in [4.78, 5) is 14.9. The Balaban J connectivity index is 1.77. The minimum atomic E-state index is -0.855. The van der Waals surface area contributed by atoms with Crippen LogP contribution in [0, 0.1) is 11.3 Å². The largest absolute Gasteiger partial charge is 0.497 e. The predicted molar refractivity (Wildman–Crippen MR) is 92.6 cm³/mol. The van der Waals surface area contributed by atoms with Crippen molar-refractivity contribution in [3.63, 3.8) is 0 Å². The Kier molecular flexibility index (Phi) is 4.34. The molecule has 132 valence electrons. The van der Waals surface area contributed by atoms with E-state index >= 15 is 0 Å². The highest BCUT2D eigenvalue weighted by molar-refractivity contribution is 5.89. The molecule has 2 N–H and O–H groups in total. The van der Waals surface area contributed by atoms with Gasteiger partial charge in [0.1, 0.15) is 11.3 Å². The van der Waals surface area contributed by atoms with Gasteiger partial charge in [-0.25, -0.2) is 0 Å². The number of nitrogens with two attached hydrogens (primary N) is 1. The standard InChI is InChI=1S/C19H28N2O3/c1-18(2)16-15(9-6-10-24-16)19(18,20)17(22)21(3)12-13-7-5-8-14(11-13)23-4/h5,7-8,11,15-16H,6,9-10,12,20H2,1-4H3. The third kappa shape index (κ3) is 2.42. The number of likely N-dealkylation sites (N-methyl/N-ethyl adjacent to an activating group) is 1. The molecule has 0 radical (unpaired) electrons. The number of hydrogen-bond donors (Lipinski definition) is 1. The van der Waals surface area contributed by atoms with Gasteiger partial charge in [-0.2, -0.15) is 0 Å². The molecule has 1 aliphatic heterocycles. The fraction of sp³-hybridized carbons (Fsp3) is 0.632. The first-order valence-corrected chi connectivity index (χ1v) is 8.61. The van der Waals surface area contributed by atoms with E-state index in [2.05, 4.69) is 13.8 Å². The van der Waals surface area contributed by atoms with Crippen molar-refractivity contribution in [1.29, 1.82) is 0 Å². The average molecular weight is 332 g/mol. The first-order chi connectivity index (χ1) is 11.3. The van der Waals surface area contributed by atoms with Crippen molar-refractivity contribution in [1.82, 2.24) is 4.90 Å². The lowest BCUT2D eigenvalue weighted by Crippen LogP contribution is -2.82. The van der Waals surface area contributed by atoms with E-state index in [-0.39, 0.29) is 23.3 Å². The highest BCUT2D eigenvalue weighted by atomic mass is 16.5. The zero-order valence-electron chi connectivity index (χ0n) is 15.0. The summed E-state index contributed by atoms with van der Waals surface area (Å²) in [7, 11) is 3.46. The van der Waals surface area contributed by atoms with Gasteiger partial charge in [0, 0.05) is 31.5 Å². The zero-order chi connectivity index (χ0) is 17.5. The molecule has 3 atom stereocenters. The Morgan fingerprint density at radius 2 is 2.21 bits per heavy atom. The molecule has 1 heterocycles. The Labute approximate surface area is 144 Å². The van der Waals surface area contributed by atoms with Crippen LogP contribution >= 0.6 is 0 Å². The van der Waals surface area contributed by atoms with Crippen LogP contribution in [0.25, 0.3) is 0 Å². The van der Waals surface area contributed by atoms with Gasteiger partial charge in [0.25, 0.3) is 0 Å². The summed E-state index contributed by atoms with van der Waals surface area (Å²) < 4.78 is 11.2. The molecular formula is C19H28N2O3. The van der Waals surface area contributed by atoms with Crippen molar-refractivity contribution < 1.29 is 14.3 Å². The molecule has 0 spiro atoms. The van der Waals surface area contributed by atoms with E-state index in [1.54, 1.807) is 12.0 Å². The summed E-state index contributed by atoms with van der Waals surface area (Å²) >= 11 is 0. The quantitative estimate of drug-likeness (QED) is 0.918. The minimum Gasteiger partial charge on any atom is -0.497 e. The molecule has 1 aromatic rings. The Hall–Kier alpha value is -1.59. The van der Waals surface area contributed by atoms with Crippen LogP contribution in [0.4, 0.5) is 0 Å². The number of hydrogen-bond acceptors (Lipinski definition) is 4. The number of amides is 1. The summed E-state index contributed by atoms with van der Waals surface area (Å²) in [5.74, 6) is 0.907. The van der Waals surface area contributed by atoms with E-state index in [9.17, 15) is 4.79 Å². The highest BCUT2D eigenvalue weighted by Gasteiger charge is 2.70. The van der Waals surface area contributed by atoms with Crippen LogP contribution in [0.15, 0.2) is 24.3 Å². The van der Waals surface area contributed by atoms with Crippen LogP contribution in [-0.4, -0.2) is 43.2 Å². The van der Waals surface area contributed by atoms with Crippen LogP contribution < -0.4 is 10.5 Å². The Bertz CT molecular complexity index is 631. The van der Waals surface area contributed by atoms with E-state index in [4.69, 9.17) is 15.2 Å². The molecule has 1 amide bonds. The van der Waals surface area contributed by atoms with Gasteiger partial charge >= 0.3 is 0 Å². The topological polar surface area (TPSA) is 64.8 Å². The normalized spacial score (nSPS) is 30.9. The van der Waals surface area contributed by atoms with Crippen molar-refractivity contribution >= 4 is 5.91 Å². The van der Waals surface area contributed by atoms with Crippen molar-refractivity contribution in [2.75, 3.05) is 20.8 Å². The molecule has 3 unspecified atom stereocenters. The summed E-state index contributed by atoms with van der Waals surface area (Å²) in [6, 6.07) is 7.77. The highest BCUT2D eigenvalue weighted by Crippen LogP contribution is 2.57. The summed E-state index contributed by atoms with van der Waals surface area (Å²) in [6.45, 7) is 5.39. The molecule has 1 saturated heterocycles. The zero-order valence-corrected chi connectivity index (χ0v) is 15.0. The molecule has 24 heavy (non-hydrogen) atoms. The lowest BCUT2D eigenvalue weighted by molar-refractivity contribution is -0.229. The van der Waals surface area contributed by atoms with Crippen molar-refractivity contribution in [3.8, 4) is 5.75 Å². The molecule has 2 aliphatic rings.